The molecule has 1 atom stereocenters. The predicted octanol–water partition coefficient (Wildman–Crippen LogP) is 4.56. The van der Waals surface area contributed by atoms with Gasteiger partial charge in [0.15, 0.2) is 0 Å². The van der Waals surface area contributed by atoms with Crippen molar-refractivity contribution < 1.29 is 24.0 Å². The van der Waals surface area contributed by atoms with E-state index in [9.17, 15) is 25.0 Å². The zero-order valence-electron chi connectivity index (χ0n) is 18.0. The Kier molecular flexibility index (Phi) is 7.70. The summed E-state index contributed by atoms with van der Waals surface area (Å²) in [6, 6.07) is 11.2. The number of esters is 2. The summed E-state index contributed by atoms with van der Waals surface area (Å²) in [6.45, 7) is 0. The Hall–Kier alpha value is -3.59. The molecule has 35 heavy (non-hydrogen) atoms. The van der Waals surface area contributed by atoms with Crippen molar-refractivity contribution in [2.45, 2.75) is 5.92 Å². The molecule has 0 saturated heterocycles. The van der Waals surface area contributed by atoms with Crippen LogP contribution in [0.3, 0.4) is 0 Å². The van der Waals surface area contributed by atoms with E-state index in [0.717, 1.165) is 25.2 Å². The highest BCUT2D eigenvalue weighted by Gasteiger charge is 2.45. The molecule has 1 unspecified atom stereocenters. The average Bonchev–Trinajstić information content (AvgIpc) is 2.86. The van der Waals surface area contributed by atoms with E-state index < -0.39 is 34.2 Å². The normalized spacial score (nSPS) is 15.5. The summed E-state index contributed by atoms with van der Waals surface area (Å²) in [7, 11) is 2.14. The number of nitrogens with zero attached hydrogens (tertiary/aromatic N) is 3. The van der Waals surface area contributed by atoms with Crippen LogP contribution in [0.1, 0.15) is 11.5 Å². The highest BCUT2D eigenvalue weighted by molar-refractivity contribution is 9.10. The molecule has 0 amide bonds. The summed E-state index contributed by atoms with van der Waals surface area (Å²) >= 11 is 15.4. The van der Waals surface area contributed by atoms with Crippen molar-refractivity contribution >= 4 is 62.4 Å². The molecular weight excluding hydrogens is 567 g/mol. The van der Waals surface area contributed by atoms with Gasteiger partial charge in [-0.25, -0.2) is 9.59 Å². The fourth-order valence-corrected chi connectivity index (χ4v) is 4.72. The topological polar surface area (TPSA) is 149 Å². The molecule has 2 aromatic rings. The zero-order valence-corrected chi connectivity index (χ0v) is 21.1. The van der Waals surface area contributed by atoms with E-state index in [1.165, 1.54) is 0 Å². The van der Waals surface area contributed by atoms with E-state index in [1.807, 2.05) is 6.07 Å². The summed E-state index contributed by atoms with van der Waals surface area (Å²) in [5.41, 5.74) is 4.88. The molecule has 1 aliphatic heterocycles. The first-order valence-corrected chi connectivity index (χ1v) is 11.1. The maximum atomic E-state index is 13.1. The second-order valence-electron chi connectivity index (χ2n) is 6.95. The van der Waals surface area contributed by atoms with Gasteiger partial charge in [0.1, 0.15) is 17.2 Å². The van der Waals surface area contributed by atoms with Gasteiger partial charge in [-0.3, -0.25) is 15.0 Å². The number of nitriles is 1. The minimum Gasteiger partial charge on any atom is -0.466 e. The molecule has 13 heteroatoms. The molecular formula is C22H15BrCl2N4O6. The van der Waals surface area contributed by atoms with E-state index >= 15 is 0 Å². The van der Waals surface area contributed by atoms with Crippen LogP contribution in [0.4, 0.5) is 11.4 Å². The van der Waals surface area contributed by atoms with Crippen LogP contribution in [0.15, 0.2) is 63.5 Å². The lowest BCUT2D eigenvalue weighted by molar-refractivity contribution is -0.384. The minimum atomic E-state index is -1.14. The second kappa shape index (κ2) is 10.4. The Balaban J connectivity index is 2.56. The molecule has 10 nitrogen and oxygen atoms in total. The molecule has 3 rings (SSSR count). The molecule has 0 fully saturated rings. The fraction of sp³-hybridized carbons (Fsp3) is 0.136. The number of benzene rings is 2. The van der Waals surface area contributed by atoms with E-state index in [1.54, 1.807) is 30.3 Å². The van der Waals surface area contributed by atoms with Crippen LogP contribution < -0.4 is 10.6 Å². The maximum absolute atomic E-state index is 13.1. The molecule has 0 saturated carbocycles. The molecule has 2 aromatic carbocycles. The van der Waals surface area contributed by atoms with E-state index in [4.69, 9.17) is 38.4 Å². The summed E-state index contributed by atoms with van der Waals surface area (Å²) in [5, 5.41) is 21.7. The van der Waals surface area contributed by atoms with Crippen molar-refractivity contribution in [1.82, 2.24) is 0 Å². The van der Waals surface area contributed by atoms with Crippen LogP contribution in [-0.2, 0) is 19.1 Å². The number of hydrogen-bond acceptors (Lipinski definition) is 9. The Morgan fingerprint density at radius 2 is 1.80 bits per heavy atom. The Morgan fingerprint density at radius 1 is 1.20 bits per heavy atom. The Labute approximate surface area is 217 Å². The number of nitro benzene ring substituents is 1. The second-order valence-corrected chi connectivity index (χ2v) is 8.52. The summed E-state index contributed by atoms with van der Waals surface area (Å²) in [5.74, 6) is -3.56. The first-order valence-electron chi connectivity index (χ1n) is 9.58. The molecule has 2 N–H and O–H groups in total. The Bertz CT molecular complexity index is 1350. The van der Waals surface area contributed by atoms with Gasteiger partial charge in [0.25, 0.3) is 5.69 Å². The number of rotatable bonds is 5. The van der Waals surface area contributed by atoms with Crippen molar-refractivity contribution in [2.24, 2.45) is 5.73 Å². The molecule has 1 heterocycles. The van der Waals surface area contributed by atoms with Gasteiger partial charge < -0.3 is 15.2 Å². The van der Waals surface area contributed by atoms with Gasteiger partial charge >= 0.3 is 11.9 Å². The molecule has 0 radical (unpaired) electrons. The quantitative estimate of drug-likeness (QED) is 0.232. The van der Waals surface area contributed by atoms with Gasteiger partial charge in [-0.05, 0) is 21.5 Å². The van der Waals surface area contributed by atoms with Crippen molar-refractivity contribution in [1.29, 1.82) is 5.26 Å². The minimum absolute atomic E-state index is 0.109. The number of nitrogens with two attached hydrogens (primary N) is 1. The lowest BCUT2D eigenvalue weighted by atomic mass is 9.81. The number of anilines is 1. The number of methoxy groups -OCH3 is 2. The standard InChI is InChI=1S/C22H15BrCl2N4O6/c1-34-21(30)15-14(10-6-4-3-5-7-10)11(9-26)20(27)28(19(15)22(31)35-2)18-13(29(32)33)8-12(24)17(25)16(18)23/h3-8,14H,27H2,1-2H3. The van der Waals surface area contributed by atoms with Crippen LogP contribution >= 0.6 is 39.1 Å². The molecule has 0 bridgehead atoms. The molecule has 1 aliphatic rings. The van der Waals surface area contributed by atoms with Gasteiger partial charge in [-0.2, -0.15) is 5.26 Å². The smallest absolute Gasteiger partial charge is 0.355 e. The van der Waals surface area contributed by atoms with Gasteiger partial charge in [-0.1, -0.05) is 53.5 Å². The third kappa shape index (κ3) is 4.43. The number of nitro groups is 1. The number of carbonyl (C=O) groups is 2. The van der Waals surface area contributed by atoms with Gasteiger partial charge in [0.05, 0.1) is 56.8 Å². The van der Waals surface area contributed by atoms with E-state index in [-0.39, 0.29) is 37.2 Å². The highest BCUT2D eigenvalue weighted by atomic mass is 79.9. The number of hydrogen-bond donors (Lipinski definition) is 1. The molecule has 0 aromatic heterocycles. The van der Waals surface area contributed by atoms with E-state index in [0.29, 0.717) is 5.56 Å². The number of halogens is 3. The third-order valence-corrected chi connectivity index (χ3v) is 6.93. The first kappa shape index (κ1) is 26.0. The largest absolute Gasteiger partial charge is 0.466 e. The predicted molar refractivity (Wildman–Crippen MR) is 130 cm³/mol. The lowest BCUT2D eigenvalue weighted by Gasteiger charge is -2.36. The summed E-state index contributed by atoms with van der Waals surface area (Å²) < 4.78 is 9.73. The fourth-order valence-electron chi connectivity index (χ4n) is 3.67. The molecule has 0 aliphatic carbocycles. The highest BCUT2D eigenvalue weighted by Crippen LogP contribution is 2.50. The van der Waals surface area contributed by atoms with Gasteiger partial charge in [-0.15, -0.1) is 0 Å². The van der Waals surface area contributed by atoms with Gasteiger partial charge in [0.2, 0.25) is 0 Å². The Morgan fingerprint density at radius 3 is 2.31 bits per heavy atom. The maximum Gasteiger partial charge on any atom is 0.355 e. The molecule has 0 spiro atoms. The summed E-state index contributed by atoms with van der Waals surface area (Å²) in [4.78, 5) is 38.2. The van der Waals surface area contributed by atoms with E-state index in [2.05, 4.69) is 15.9 Å². The zero-order chi connectivity index (χ0) is 26.0. The van der Waals surface area contributed by atoms with Crippen molar-refractivity contribution in [2.75, 3.05) is 19.1 Å². The van der Waals surface area contributed by atoms with Crippen molar-refractivity contribution in [3.05, 3.63) is 89.3 Å². The number of ether oxygens (including phenoxy) is 2. The third-order valence-electron chi connectivity index (χ3n) is 5.15. The van der Waals surface area contributed by atoms with Crippen LogP contribution in [0.25, 0.3) is 0 Å². The van der Waals surface area contributed by atoms with Crippen LogP contribution in [0, 0.1) is 21.4 Å². The molecule has 180 valence electrons. The first-order chi connectivity index (χ1) is 16.6. The monoisotopic (exact) mass is 580 g/mol. The average molecular weight is 582 g/mol. The lowest BCUT2D eigenvalue weighted by Crippen LogP contribution is -2.41. The van der Waals surface area contributed by atoms with Crippen LogP contribution in [0.5, 0.6) is 0 Å². The van der Waals surface area contributed by atoms with Crippen molar-refractivity contribution in [3.63, 3.8) is 0 Å². The number of allylic oxidation sites excluding steroid dienone is 1. The van der Waals surface area contributed by atoms with Crippen LogP contribution in [0.2, 0.25) is 10.0 Å². The van der Waals surface area contributed by atoms with Crippen LogP contribution in [-0.4, -0.2) is 31.1 Å². The number of carbonyl (C=O) groups excluding carboxylic acids is 2. The summed E-state index contributed by atoms with van der Waals surface area (Å²) in [6.07, 6.45) is 0. The SMILES string of the molecule is COC(=O)C1=C(C(=O)OC)N(c2c([N+](=O)[O-])cc(Cl)c(Cl)c2Br)C(N)=C(C#N)C1c1ccccc1. The van der Waals surface area contributed by atoms with Crippen molar-refractivity contribution in [3.8, 4) is 6.07 Å². The van der Waals surface area contributed by atoms with Gasteiger partial charge in [0, 0.05) is 6.07 Å².